The second-order valence-electron chi connectivity index (χ2n) is 5.61. The van der Waals surface area contributed by atoms with Crippen molar-refractivity contribution in [1.82, 2.24) is 5.32 Å². The molecule has 0 unspecified atom stereocenters. The summed E-state index contributed by atoms with van der Waals surface area (Å²) in [6, 6.07) is 6.23. The van der Waals surface area contributed by atoms with Crippen LogP contribution >= 0.6 is 0 Å². The predicted octanol–water partition coefficient (Wildman–Crippen LogP) is 3.80. The fraction of sp³-hybridized carbons (Fsp3) is 0.500. The number of hydrogen-bond acceptors (Lipinski definition) is 2. The number of benzene rings is 1. The smallest absolute Gasteiger partial charge is 0.126 e. The summed E-state index contributed by atoms with van der Waals surface area (Å²) in [6.45, 7) is 9.63. The van der Waals surface area contributed by atoms with Crippen molar-refractivity contribution >= 4 is 6.08 Å². The van der Waals surface area contributed by atoms with Crippen LogP contribution in [0.5, 0.6) is 5.75 Å². The number of hydrogen-bond donors (Lipinski definition) is 1. The molecule has 1 N–H and O–H groups in total. The van der Waals surface area contributed by atoms with Crippen molar-refractivity contribution in [2.45, 2.75) is 39.7 Å². The topological polar surface area (TPSA) is 21.3 Å². The molecular formula is C16H25NO. The zero-order valence-electron chi connectivity index (χ0n) is 12.2. The van der Waals surface area contributed by atoms with E-state index in [9.17, 15) is 0 Å². The Morgan fingerprint density at radius 1 is 1.28 bits per heavy atom. The average molecular weight is 247 g/mol. The molecule has 0 aliphatic rings. The van der Waals surface area contributed by atoms with Gasteiger partial charge in [0.25, 0.3) is 0 Å². The summed E-state index contributed by atoms with van der Waals surface area (Å²) >= 11 is 0. The van der Waals surface area contributed by atoms with Gasteiger partial charge in [-0.3, -0.25) is 0 Å². The summed E-state index contributed by atoms with van der Waals surface area (Å²) in [5.74, 6) is 0.931. The lowest BCUT2D eigenvalue weighted by molar-refractivity contribution is 0.413. The zero-order valence-corrected chi connectivity index (χ0v) is 12.2. The van der Waals surface area contributed by atoms with Gasteiger partial charge >= 0.3 is 0 Å². The Bertz CT molecular complexity index is 402. The third kappa shape index (κ3) is 5.37. The zero-order chi connectivity index (χ0) is 13.6. The van der Waals surface area contributed by atoms with E-state index in [0.717, 1.165) is 24.3 Å². The van der Waals surface area contributed by atoms with Gasteiger partial charge in [0, 0.05) is 11.1 Å². The van der Waals surface area contributed by atoms with E-state index in [2.05, 4.69) is 57.3 Å². The highest BCUT2D eigenvalue weighted by atomic mass is 16.5. The lowest BCUT2D eigenvalue weighted by Crippen LogP contribution is -2.36. The van der Waals surface area contributed by atoms with E-state index in [1.165, 1.54) is 5.56 Å². The SMILES string of the molecule is COc1ccc(C)cc1C=CCCNC(C)(C)C. The first-order chi connectivity index (χ1) is 8.42. The molecule has 2 heteroatoms. The van der Waals surface area contributed by atoms with E-state index in [1.807, 2.05) is 6.07 Å². The van der Waals surface area contributed by atoms with Crippen LogP contribution in [0.3, 0.4) is 0 Å². The van der Waals surface area contributed by atoms with Crippen molar-refractivity contribution in [3.63, 3.8) is 0 Å². The minimum Gasteiger partial charge on any atom is -0.496 e. The Morgan fingerprint density at radius 2 is 2.00 bits per heavy atom. The van der Waals surface area contributed by atoms with Crippen LogP contribution in [0, 0.1) is 6.92 Å². The molecule has 0 aliphatic heterocycles. The standard InChI is InChI=1S/C16H25NO/c1-13-9-10-15(18-5)14(12-13)8-6-7-11-17-16(2,3)4/h6,8-10,12,17H,7,11H2,1-5H3. The summed E-state index contributed by atoms with van der Waals surface area (Å²) < 4.78 is 5.34. The van der Waals surface area contributed by atoms with Gasteiger partial charge in [0.05, 0.1) is 7.11 Å². The van der Waals surface area contributed by atoms with Gasteiger partial charge in [-0.25, -0.2) is 0 Å². The van der Waals surface area contributed by atoms with E-state index in [0.29, 0.717) is 0 Å². The van der Waals surface area contributed by atoms with Crippen LogP contribution in [0.15, 0.2) is 24.3 Å². The molecule has 0 spiro atoms. The lowest BCUT2D eigenvalue weighted by atomic mass is 10.1. The molecule has 0 saturated heterocycles. The Kier molecular flexibility index (Phi) is 5.42. The molecule has 100 valence electrons. The summed E-state index contributed by atoms with van der Waals surface area (Å²) in [4.78, 5) is 0. The molecule has 0 radical (unpaired) electrons. The van der Waals surface area contributed by atoms with Gasteiger partial charge in [0.1, 0.15) is 5.75 Å². The molecule has 18 heavy (non-hydrogen) atoms. The third-order valence-electron chi connectivity index (χ3n) is 2.65. The number of ether oxygens (including phenoxy) is 1. The summed E-state index contributed by atoms with van der Waals surface area (Å²) in [7, 11) is 1.71. The molecular weight excluding hydrogens is 222 g/mol. The van der Waals surface area contributed by atoms with Crippen molar-refractivity contribution in [3.05, 3.63) is 35.4 Å². The molecule has 0 amide bonds. The highest BCUT2D eigenvalue weighted by Crippen LogP contribution is 2.21. The Morgan fingerprint density at radius 3 is 2.61 bits per heavy atom. The number of aryl methyl sites for hydroxylation is 1. The Labute approximate surface area is 111 Å². The minimum atomic E-state index is 0.189. The predicted molar refractivity (Wildman–Crippen MR) is 79.1 cm³/mol. The fourth-order valence-corrected chi connectivity index (χ4v) is 1.72. The van der Waals surface area contributed by atoms with Crippen LogP contribution in [-0.2, 0) is 0 Å². The highest BCUT2D eigenvalue weighted by Gasteiger charge is 2.06. The first kappa shape index (κ1) is 14.8. The van der Waals surface area contributed by atoms with E-state index < -0.39 is 0 Å². The molecule has 0 saturated carbocycles. The maximum absolute atomic E-state index is 5.34. The summed E-state index contributed by atoms with van der Waals surface area (Å²) in [5.41, 5.74) is 2.59. The van der Waals surface area contributed by atoms with Crippen molar-refractivity contribution in [2.75, 3.05) is 13.7 Å². The van der Waals surface area contributed by atoms with E-state index >= 15 is 0 Å². The minimum absolute atomic E-state index is 0.189. The first-order valence-corrected chi connectivity index (χ1v) is 6.48. The average Bonchev–Trinajstić information content (AvgIpc) is 2.27. The van der Waals surface area contributed by atoms with Gasteiger partial charge in [-0.2, -0.15) is 0 Å². The van der Waals surface area contributed by atoms with Crippen molar-refractivity contribution in [2.24, 2.45) is 0 Å². The van der Waals surface area contributed by atoms with Gasteiger partial charge in [-0.1, -0.05) is 23.8 Å². The van der Waals surface area contributed by atoms with Crippen LogP contribution < -0.4 is 10.1 Å². The first-order valence-electron chi connectivity index (χ1n) is 6.48. The van der Waals surface area contributed by atoms with Gasteiger partial charge in [0.15, 0.2) is 0 Å². The third-order valence-corrected chi connectivity index (χ3v) is 2.65. The second-order valence-corrected chi connectivity index (χ2v) is 5.61. The van der Waals surface area contributed by atoms with Gasteiger partial charge in [-0.15, -0.1) is 0 Å². The molecule has 2 nitrogen and oxygen atoms in total. The van der Waals surface area contributed by atoms with Crippen molar-refractivity contribution in [1.29, 1.82) is 0 Å². The lowest BCUT2D eigenvalue weighted by Gasteiger charge is -2.19. The van der Waals surface area contributed by atoms with Crippen molar-refractivity contribution in [3.8, 4) is 5.75 Å². The van der Waals surface area contributed by atoms with Gasteiger partial charge in [-0.05, 0) is 52.8 Å². The molecule has 1 aromatic rings. The number of nitrogens with one attached hydrogen (secondary N) is 1. The largest absolute Gasteiger partial charge is 0.496 e. The monoisotopic (exact) mass is 247 g/mol. The highest BCUT2D eigenvalue weighted by molar-refractivity contribution is 5.58. The molecule has 0 atom stereocenters. The molecule has 0 bridgehead atoms. The van der Waals surface area contributed by atoms with E-state index in [4.69, 9.17) is 4.74 Å². The molecule has 1 aromatic carbocycles. The normalized spacial score (nSPS) is 12.1. The maximum atomic E-state index is 5.34. The van der Waals surface area contributed by atoms with Crippen molar-refractivity contribution < 1.29 is 4.74 Å². The summed E-state index contributed by atoms with van der Waals surface area (Å²) in [5, 5.41) is 3.47. The van der Waals surface area contributed by atoms with Gasteiger partial charge < -0.3 is 10.1 Å². The maximum Gasteiger partial charge on any atom is 0.126 e. The fourth-order valence-electron chi connectivity index (χ4n) is 1.72. The second kappa shape index (κ2) is 6.60. The van der Waals surface area contributed by atoms with Gasteiger partial charge in [0.2, 0.25) is 0 Å². The van der Waals surface area contributed by atoms with Crippen LogP contribution in [-0.4, -0.2) is 19.2 Å². The van der Waals surface area contributed by atoms with Crippen LogP contribution in [0.2, 0.25) is 0 Å². The number of methoxy groups -OCH3 is 1. The van der Waals surface area contributed by atoms with Crippen LogP contribution in [0.25, 0.3) is 6.08 Å². The van der Waals surface area contributed by atoms with E-state index in [-0.39, 0.29) is 5.54 Å². The molecule has 0 heterocycles. The number of rotatable bonds is 5. The molecule has 1 rings (SSSR count). The molecule has 0 aromatic heterocycles. The quantitative estimate of drug-likeness (QED) is 0.799. The molecule has 0 fully saturated rings. The summed E-state index contributed by atoms with van der Waals surface area (Å²) in [6.07, 6.45) is 5.35. The van der Waals surface area contributed by atoms with Crippen LogP contribution in [0.4, 0.5) is 0 Å². The Balaban J connectivity index is 2.54. The Hall–Kier alpha value is -1.28. The van der Waals surface area contributed by atoms with Crippen LogP contribution in [0.1, 0.15) is 38.3 Å². The molecule has 0 aliphatic carbocycles. The van der Waals surface area contributed by atoms with E-state index in [1.54, 1.807) is 7.11 Å².